The molecule has 0 aliphatic carbocycles. The van der Waals surface area contributed by atoms with Gasteiger partial charge in [-0.05, 0) is 38.3 Å². The van der Waals surface area contributed by atoms with Crippen LogP contribution in [0.3, 0.4) is 0 Å². The number of piperidine rings is 1. The van der Waals surface area contributed by atoms with Gasteiger partial charge in [-0.3, -0.25) is 4.79 Å². The molecule has 114 valence electrons. The highest BCUT2D eigenvalue weighted by atomic mass is 16.4. The van der Waals surface area contributed by atoms with Gasteiger partial charge in [0.15, 0.2) is 0 Å². The molecule has 1 saturated heterocycles. The molecule has 0 spiro atoms. The molecule has 21 heavy (non-hydrogen) atoms. The Balaban J connectivity index is 2.00. The maximum Gasteiger partial charge on any atom is 0.352 e. The average molecular weight is 290 g/mol. The fourth-order valence-electron chi connectivity index (χ4n) is 2.88. The number of aromatic nitrogens is 1. The standard InChI is InChI=1S/C16H22N2O3/c1-3-5-12(2)15(19)17-10-7-13(8-11-17)18-9-4-6-14(18)16(20)21/h4-6,9,13H,3,7-8,10-11H2,1-2H3,(H,20,21). The van der Waals surface area contributed by atoms with Crippen molar-refractivity contribution in [3.63, 3.8) is 0 Å². The van der Waals surface area contributed by atoms with Gasteiger partial charge in [0.2, 0.25) is 5.91 Å². The molecule has 1 aromatic heterocycles. The summed E-state index contributed by atoms with van der Waals surface area (Å²) in [4.78, 5) is 25.2. The third kappa shape index (κ3) is 3.35. The average Bonchev–Trinajstić information content (AvgIpc) is 2.96. The zero-order valence-corrected chi connectivity index (χ0v) is 12.6. The predicted octanol–water partition coefficient (Wildman–Crippen LogP) is 2.71. The molecule has 0 bridgehead atoms. The van der Waals surface area contributed by atoms with E-state index in [0.717, 1.165) is 24.8 Å². The molecule has 5 nitrogen and oxygen atoms in total. The first-order chi connectivity index (χ1) is 10.0. The number of hydrogen-bond donors (Lipinski definition) is 1. The van der Waals surface area contributed by atoms with Gasteiger partial charge >= 0.3 is 5.97 Å². The van der Waals surface area contributed by atoms with Crippen LogP contribution >= 0.6 is 0 Å². The second-order valence-corrected chi connectivity index (χ2v) is 5.42. The van der Waals surface area contributed by atoms with Crippen LogP contribution in [0.5, 0.6) is 0 Å². The van der Waals surface area contributed by atoms with E-state index in [9.17, 15) is 9.59 Å². The summed E-state index contributed by atoms with van der Waals surface area (Å²) in [5.74, 6) is -0.804. The number of allylic oxidation sites excluding steroid dienone is 1. The third-order valence-corrected chi connectivity index (χ3v) is 3.99. The van der Waals surface area contributed by atoms with Crippen molar-refractivity contribution in [3.8, 4) is 0 Å². The van der Waals surface area contributed by atoms with Gasteiger partial charge in [0, 0.05) is 30.9 Å². The first kappa shape index (κ1) is 15.4. The second-order valence-electron chi connectivity index (χ2n) is 5.42. The maximum atomic E-state index is 12.2. The van der Waals surface area contributed by atoms with Gasteiger partial charge < -0.3 is 14.6 Å². The van der Waals surface area contributed by atoms with Crippen molar-refractivity contribution < 1.29 is 14.7 Å². The summed E-state index contributed by atoms with van der Waals surface area (Å²) < 4.78 is 1.82. The maximum absolute atomic E-state index is 12.2. The minimum absolute atomic E-state index is 0.0984. The van der Waals surface area contributed by atoms with E-state index in [-0.39, 0.29) is 11.9 Å². The molecule has 5 heteroatoms. The van der Waals surface area contributed by atoms with E-state index >= 15 is 0 Å². The van der Waals surface area contributed by atoms with E-state index in [0.29, 0.717) is 18.8 Å². The largest absolute Gasteiger partial charge is 0.477 e. The van der Waals surface area contributed by atoms with Crippen molar-refractivity contribution >= 4 is 11.9 Å². The highest BCUT2D eigenvalue weighted by Crippen LogP contribution is 2.25. The van der Waals surface area contributed by atoms with Gasteiger partial charge in [-0.15, -0.1) is 0 Å². The van der Waals surface area contributed by atoms with Crippen LogP contribution in [0.15, 0.2) is 30.0 Å². The summed E-state index contributed by atoms with van der Waals surface area (Å²) in [6.45, 7) is 5.22. The summed E-state index contributed by atoms with van der Waals surface area (Å²) in [5.41, 5.74) is 1.12. The molecule has 2 heterocycles. The Kier molecular flexibility index (Phi) is 4.83. The van der Waals surface area contributed by atoms with Gasteiger partial charge in [0.1, 0.15) is 5.69 Å². The number of hydrogen-bond acceptors (Lipinski definition) is 2. The Morgan fingerprint density at radius 3 is 2.62 bits per heavy atom. The highest BCUT2D eigenvalue weighted by molar-refractivity contribution is 5.92. The summed E-state index contributed by atoms with van der Waals surface area (Å²) in [6.07, 6.45) is 6.20. The number of carboxylic acid groups (broad SMARTS) is 1. The molecule has 1 amide bonds. The third-order valence-electron chi connectivity index (χ3n) is 3.99. The lowest BCUT2D eigenvalue weighted by molar-refractivity contribution is -0.128. The lowest BCUT2D eigenvalue weighted by atomic mass is 10.0. The molecule has 1 aliphatic rings. The van der Waals surface area contributed by atoms with Crippen molar-refractivity contribution in [2.24, 2.45) is 0 Å². The van der Waals surface area contributed by atoms with E-state index in [1.165, 1.54) is 0 Å². The van der Waals surface area contributed by atoms with Crippen molar-refractivity contribution in [1.29, 1.82) is 0 Å². The molecule has 0 atom stereocenters. The normalized spacial score (nSPS) is 17.0. The lowest BCUT2D eigenvalue weighted by Gasteiger charge is -2.33. The number of aromatic carboxylic acids is 1. The van der Waals surface area contributed by atoms with E-state index < -0.39 is 5.97 Å². The first-order valence-corrected chi connectivity index (χ1v) is 7.40. The van der Waals surface area contributed by atoms with Gasteiger partial charge in [-0.2, -0.15) is 0 Å². The van der Waals surface area contributed by atoms with Gasteiger partial charge in [0.05, 0.1) is 0 Å². The number of amides is 1. The molecule has 1 aromatic rings. The zero-order valence-electron chi connectivity index (χ0n) is 12.6. The first-order valence-electron chi connectivity index (χ1n) is 7.40. The SMILES string of the molecule is CCC=C(C)C(=O)N1CCC(n2cccc2C(=O)O)CC1. The van der Waals surface area contributed by atoms with E-state index in [1.807, 2.05) is 35.6 Å². The van der Waals surface area contributed by atoms with E-state index in [4.69, 9.17) is 5.11 Å². The van der Waals surface area contributed by atoms with Crippen LogP contribution < -0.4 is 0 Å². The molecule has 1 N–H and O–H groups in total. The fraction of sp³-hybridized carbons (Fsp3) is 0.500. The molecule has 2 rings (SSSR count). The van der Waals surface area contributed by atoms with Crippen LogP contribution in [0, 0.1) is 0 Å². The molecule has 0 saturated carbocycles. The second kappa shape index (κ2) is 6.61. The van der Waals surface area contributed by atoms with Gasteiger partial charge in [0.25, 0.3) is 0 Å². The number of carbonyl (C=O) groups is 2. The van der Waals surface area contributed by atoms with Crippen LogP contribution in [0.2, 0.25) is 0 Å². The van der Waals surface area contributed by atoms with E-state index in [1.54, 1.807) is 12.1 Å². The fourth-order valence-corrected chi connectivity index (χ4v) is 2.88. The van der Waals surface area contributed by atoms with Crippen LogP contribution in [-0.4, -0.2) is 39.5 Å². The Hall–Kier alpha value is -2.04. The zero-order chi connectivity index (χ0) is 15.4. The summed E-state index contributed by atoms with van der Waals surface area (Å²) in [6, 6.07) is 3.54. The Bertz CT molecular complexity index is 552. The minimum atomic E-state index is -0.903. The van der Waals surface area contributed by atoms with Crippen molar-refractivity contribution in [2.45, 2.75) is 39.2 Å². The van der Waals surface area contributed by atoms with Crippen molar-refractivity contribution in [1.82, 2.24) is 9.47 Å². The molecule has 0 aromatic carbocycles. The molecular formula is C16H22N2O3. The Morgan fingerprint density at radius 2 is 2.05 bits per heavy atom. The summed E-state index contributed by atoms with van der Waals surface area (Å²) in [5, 5.41) is 9.16. The van der Waals surface area contributed by atoms with Gasteiger partial charge in [-0.1, -0.05) is 13.0 Å². The molecular weight excluding hydrogens is 268 g/mol. The monoisotopic (exact) mass is 290 g/mol. The highest BCUT2D eigenvalue weighted by Gasteiger charge is 2.26. The smallest absolute Gasteiger partial charge is 0.352 e. The van der Waals surface area contributed by atoms with Crippen LogP contribution in [0.4, 0.5) is 0 Å². The topological polar surface area (TPSA) is 62.5 Å². The van der Waals surface area contributed by atoms with Gasteiger partial charge in [-0.25, -0.2) is 4.79 Å². The molecule has 1 fully saturated rings. The van der Waals surface area contributed by atoms with Crippen LogP contribution in [-0.2, 0) is 4.79 Å². The molecule has 0 unspecified atom stereocenters. The lowest BCUT2D eigenvalue weighted by Crippen LogP contribution is -2.39. The summed E-state index contributed by atoms with van der Waals surface area (Å²) >= 11 is 0. The Labute approximate surface area is 124 Å². The van der Waals surface area contributed by atoms with Crippen molar-refractivity contribution in [3.05, 3.63) is 35.7 Å². The molecule has 1 aliphatic heterocycles. The quantitative estimate of drug-likeness (QED) is 0.867. The van der Waals surface area contributed by atoms with Crippen LogP contribution in [0.1, 0.15) is 49.6 Å². The number of carbonyl (C=O) groups excluding carboxylic acids is 1. The Morgan fingerprint density at radius 1 is 1.38 bits per heavy atom. The number of likely N-dealkylation sites (tertiary alicyclic amines) is 1. The number of nitrogens with zero attached hydrogens (tertiary/aromatic N) is 2. The van der Waals surface area contributed by atoms with Crippen molar-refractivity contribution in [2.75, 3.05) is 13.1 Å². The predicted molar refractivity (Wildman–Crippen MR) is 80.3 cm³/mol. The minimum Gasteiger partial charge on any atom is -0.477 e. The molecule has 0 radical (unpaired) electrons. The van der Waals surface area contributed by atoms with Crippen LogP contribution in [0.25, 0.3) is 0 Å². The summed E-state index contributed by atoms with van der Waals surface area (Å²) in [7, 11) is 0. The van der Waals surface area contributed by atoms with E-state index in [2.05, 4.69) is 0 Å². The number of carboxylic acids is 1. The number of rotatable bonds is 4.